The molecule has 1 aliphatic heterocycles. The molecule has 0 saturated heterocycles. The molecule has 0 aliphatic carbocycles. The average Bonchev–Trinajstić information content (AvgIpc) is 2.86. The second-order valence-electron chi connectivity index (χ2n) is 7.86. The Bertz CT molecular complexity index is 1240. The molecule has 2 heterocycles. The Morgan fingerprint density at radius 3 is 2.81 bits per heavy atom. The van der Waals surface area contributed by atoms with E-state index >= 15 is 0 Å². The van der Waals surface area contributed by atoms with E-state index in [9.17, 15) is 14.4 Å². The number of anilines is 2. The van der Waals surface area contributed by atoms with Gasteiger partial charge < -0.3 is 15.2 Å². The fraction of sp³-hybridized carbons (Fsp3) is 0.304. The molecule has 8 nitrogen and oxygen atoms in total. The van der Waals surface area contributed by atoms with Gasteiger partial charge in [0.25, 0.3) is 5.56 Å². The lowest BCUT2D eigenvalue weighted by atomic mass is 10.1. The fourth-order valence-electron chi connectivity index (χ4n) is 3.96. The van der Waals surface area contributed by atoms with E-state index in [1.165, 1.54) is 0 Å². The molecule has 4 rings (SSSR count). The number of hydrogen-bond acceptors (Lipinski definition) is 5. The molecule has 2 N–H and O–H groups in total. The van der Waals surface area contributed by atoms with Crippen molar-refractivity contribution in [1.29, 1.82) is 0 Å². The van der Waals surface area contributed by atoms with Crippen molar-refractivity contribution in [3.05, 3.63) is 63.7 Å². The van der Waals surface area contributed by atoms with E-state index in [1.807, 2.05) is 36.9 Å². The van der Waals surface area contributed by atoms with Gasteiger partial charge in [0.2, 0.25) is 11.8 Å². The SMILES string of the molecule is CCN(CC(=O)N1c2ccccc2NC(=O)C[C@@H]1C)Cc1nc2cc(Cl)ccc2c(=O)[nH]1. The highest BCUT2D eigenvalue weighted by atomic mass is 35.5. The number of hydrogen-bond donors (Lipinski definition) is 2. The predicted octanol–water partition coefficient (Wildman–Crippen LogP) is 3.16. The van der Waals surface area contributed by atoms with E-state index in [1.54, 1.807) is 29.2 Å². The zero-order valence-corrected chi connectivity index (χ0v) is 18.6. The van der Waals surface area contributed by atoms with Crippen molar-refractivity contribution in [3.8, 4) is 0 Å². The van der Waals surface area contributed by atoms with Crippen LogP contribution in [0.1, 0.15) is 26.1 Å². The summed E-state index contributed by atoms with van der Waals surface area (Å²) in [5, 5.41) is 3.83. The molecular weight excluding hydrogens is 430 g/mol. The van der Waals surface area contributed by atoms with Crippen LogP contribution in [-0.2, 0) is 16.1 Å². The Morgan fingerprint density at radius 2 is 2.03 bits per heavy atom. The number of H-pyrrole nitrogens is 1. The number of para-hydroxylation sites is 2. The topological polar surface area (TPSA) is 98.4 Å². The van der Waals surface area contributed by atoms with E-state index in [0.717, 1.165) is 0 Å². The highest BCUT2D eigenvalue weighted by molar-refractivity contribution is 6.31. The van der Waals surface area contributed by atoms with Crippen LogP contribution < -0.4 is 15.8 Å². The van der Waals surface area contributed by atoms with Gasteiger partial charge in [-0.05, 0) is 43.8 Å². The number of rotatable bonds is 5. The number of amides is 2. The lowest BCUT2D eigenvalue weighted by Crippen LogP contribution is -2.45. The molecule has 1 aromatic heterocycles. The third-order valence-electron chi connectivity index (χ3n) is 5.53. The van der Waals surface area contributed by atoms with Crippen LogP contribution in [0.2, 0.25) is 5.02 Å². The molecule has 32 heavy (non-hydrogen) atoms. The van der Waals surface area contributed by atoms with Crippen molar-refractivity contribution in [2.24, 2.45) is 0 Å². The van der Waals surface area contributed by atoms with Crippen LogP contribution in [0.15, 0.2) is 47.3 Å². The minimum atomic E-state index is -0.286. The van der Waals surface area contributed by atoms with Gasteiger partial charge in [-0.3, -0.25) is 19.3 Å². The molecule has 0 radical (unpaired) electrons. The number of nitrogens with one attached hydrogen (secondary N) is 2. The first-order chi connectivity index (χ1) is 15.4. The number of aromatic amines is 1. The summed E-state index contributed by atoms with van der Waals surface area (Å²) in [6.07, 6.45) is 0.215. The van der Waals surface area contributed by atoms with Crippen molar-refractivity contribution >= 4 is 45.7 Å². The van der Waals surface area contributed by atoms with Gasteiger partial charge in [0.05, 0.1) is 35.4 Å². The molecule has 2 aromatic carbocycles. The van der Waals surface area contributed by atoms with Gasteiger partial charge in [0.1, 0.15) is 5.82 Å². The van der Waals surface area contributed by atoms with Crippen molar-refractivity contribution < 1.29 is 9.59 Å². The number of likely N-dealkylation sites (N-methyl/N-ethyl adjacent to an activating group) is 1. The Labute approximate surface area is 190 Å². The van der Waals surface area contributed by atoms with Crippen molar-refractivity contribution in [1.82, 2.24) is 14.9 Å². The number of carbonyl (C=O) groups is 2. The third kappa shape index (κ3) is 4.51. The Balaban J connectivity index is 1.57. The van der Waals surface area contributed by atoms with Gasteiger partial charge >= 0.3 is 0 Å². The average molecular weight is 454 g/mol. The summed E-state index contributed by atoms with van der Waals surface area (Å²) in [6, 6.07) is 11.9. The molecule has 1 atom stereocenters. The predicted molar refractivity (Wildman–Crippen MR) is 125 cm³/mol. The second kappa shape index (κ2) is 9.10. The van der Waals surface area contributed by atoms with Crippen LogP contribution in [0.5, 0.6) is 0 Å². The fourth-order valence-corrected chi connectivity index (χ4v) is 4.13. The monoisotopic (exact) mass is 453 g/mol. The molecule has 1 aliphatic rings. The highest BCUT2D eigenvalue weighted by Gasteiger charge is 2.30. The second-order valence-corrected chi connectivity index (χ2v) is 8.30. The van der Waals surface area contributed by atoms with Crippen LogP contribution in [0.25, 0.3) is 10.9 Å². The van der Waals surface area contributed by atoms with Crippen LogP contribution in [0.4, 0.5) is 11.4 Å². The van der Waals surface area contributed by atoms with Crippen molar-refractivity contribution in [2.45, 2.75) is 32.9 Å². The Morgan fingerprint density at radius 1 is 1.25 bits per heavy atom. The first-order valence-corrected chi connectivity index (χ1v) is 10.8. The maximum atomic E-state index is 13.3. The van der Waals surface area contributed by atoms with Gasteiger partial charge in [-0.15, -0.1) is 0 Å². The van der Waals surface area contributed by atoms with Gasteiger partial charge in [-0.25, -0.2) is 4.98 Å². The molecule has 3 aromatic rings. The summed E-state index contributed by atoms with van der Waals surface area (Å²) >= 11 is 6.05. The Hall–Kier alpha value is -3.23. The largest absolute Gasteiger partial charge is 0.324 e. The number of nitrogens with zero attached hydrogens (tertiary/aromatic N) is 3. The van der Waals surface area contributed by atoms with Gasteiger partial charge in [-0.2, -0.15) is 0 Å². The number of aromatic nitrogens is 2. The minimum absolute atomic E-state index is 0.112. The standard InChI is InChI=1S/C23H24ClN5O3/c1-3-28(12-20-25-18-11-15(24)8-9-16(18)23(32)27-20)13-22(31)29-14(2)10-21(30)26-17-6-4-5-7-19(17)29/h4-9,11,14H,3,10,12-13H2,1-2H3,(H,26,30)(H,25,27,32)/t14-/m0/s1. The molecule has 0 fully saturated rings. The van der Waals surface area contributed by atoms with E-state index < -0.39 is 0 Å². The van der Waals surface area contributed by atoms with E-state index in [2.05, 4.69) is 15.3 Å². The summed E-state index contributed by atoms with van der Waals surface area (Å²) in [5.41, 5.74) is 1.57. The van der Waals surface area contributed by atoms with Gasteiger partial charge in [-0.1, -0.05) is 30.7 Å². The van der Waals surface area contributed by atoms with E-state index in [4.69, 9.17) is 11.6 Å². The molecule has 0 unspecified atom stereocenters. The van der Waals surface area contributed by atoms with Crippen LogP contribution in [-0.4, -0.2) is 45.8 Å². The summed E-state index contributed by atoms with van der Waals surface area (Å²) in [7, 11) is 0. The molecule has 0 spiro atoms. The number of halogens is 1. The first-order valence-electron chi connectivity index (χ1n) is 10.5. The zero-order valence-electron chi connectivity index (χ0n) is 17.9. The lowest BCUT2D eigenvalue weighted by molar-refractivity contribution is -0.120. The summed E-state index contributed by atoms with van der Waals surface area (Å²) in [6.45, 7) is 4.78. The quantitative estimate of drug-likeness (QED) is 0.618. The molecule has 0 saturated carbocycles. The van der Waals surface area contributed by atoms with E-state index in [0.29, 0.717) is 46.2 Å². The molecule has 2 amide bonds. The summed E-state index contributed by atoms with van der Waals surface area (Å²) in [5.74, 6) is 0.208. The van der Waals surface area contributed by atoms with Crippen LogP contribution in [0, 0.1) is 0 Å². The van der Waals surface area contributed by atoms with Crippen LogP contribution in [0.3, 0.4) is 0 Å². The Kier molecular flexibility index (Phi) is 6.25. The van der Waals surface area contributed by atoms with E-state index in [-0.39, 0.29) is 36.4 Å². The summed E-state index contributed by atoms with van der Waals surface area (Å²) in [4.78, 5) is 48.9. The number of fused-ring (bicyclic) bond motifs is 2. The summed E-state index contributed by atoms with van der Waals surface area (Å²) < 4.78 is 0. The maximum Gasteiger partial charge on any atom is 0.258 e. The minimum Gasteiger partial charge on any atom is -0.324 e. The molecule has 9 heteroatoms. The zero-order chi connectivity index (χ0) is 22.8. The number of carbonyl (C=O) groups excluding carboxylic acids is 2. The molecule has 0 bridgehead atoms. The highest BCUT2D eigenvalue weighted by Crippen LogP contribution is 2.31. The normalized spacial score (nSPS) is 16.1. The molecular formula is C23H24ClN5O3. The van der Waals surface area contributed by atoms with Gasteiger partial charge in [0.15, 0.2) is 0 Å². The first kappa shape index (κ1) is 22.0. The third-order valence-corrected chi connectivity index (χ3v) is 5.76. The van der Waals surface area contributed by atoms with Gasteiger partial charge in [0, 0.05) is 17.5 Å². The van der Waals surface area contributed by atoms with Crippen LogP contribution >= 0.6 is 11.6 Å². The molecule has 166 valence electrons. The van der Waals surface area contributed by atoms with Crippen molar-refractivity contribution in [2.75, 3.05) is 23.3 Å². The smallest absolute Gasteiger partial charge is 0.258 e. The maximum absolute atomic E-state index is 13.3. The number of benzene rings is 2. The lowest BCUT2D eigenvalue weighted by Gasteiger charge is -2.30. The van der Waals surface area contributed by atoms with Crippen molar-refractivity contribution in [3.63, 3.8) is 0 Å².